The largest absolute Gasteiger partial charge is 2.00 e. The molecule has 0 heterocycles. The maximum Gasteiger partial charge on any atom is 2.00 e. The van der Waals surface area contributed by atoms with Crippen LogP contribution in [0.3, 0.4) is 0 Å². The maximum atomic E-state index is 4.98. The van der Waals surface area contributed by atoms with Crippen LogP contribution in [0, 0.1) is 0 Å². The first-order valence-corrected chi connectivity index (χ1v) is 1.69. The second kappa shape index (κ2) is 4.80. The summed E-state index contributed by atoms with van der Waals surface area (Å²) >= 11 is 3.74. The summed E-state index contributed by atoms with van der Waals surface area (Å²) in [5.74, 6) is 0. The van der Waals surface area contributed by atoms with Gasteiger partial charge in [0.2, 0.25) is 0 Å². The van der Waals surface area contributed by atoms with E-state index < -0.39 is 0 Å². The molecule has 0 fully saturated rings. The minimum atomic E-state index is 0. The van der Waals surface area contributed by atoms with Crippen molar-refractivity contribution < 1.29 is 16.5 Å². The van der Waals surface area contributed by atoms with E-state index in [-0.39, 0.29) is 21.9 Å². The molecular weight excluding hydrogens is 129 g/mol. The van der Waals surface area contributed by atoms with Crippen LogP contribution in [0.5, 0.6) is 0 Å². The molecule has 1 unspecified atom stereocenters. The summed E-state index contributed by atoms with van der Waals surface area (Å²) in [6.45, 7) is 1.81. The van der Waals surface area contributed by atoms with Gasteiger partial charge in [-0.3, -0.25) is 0 Å². The van der Waals surface area contributed by atoms with Gasteiger partial charge in [0, 0.05) is 5.37 Å². The molecule has 0 aromatic heterocycles. The van der Waals surface area contributed by atoms with Gasteiger partial charge < -0.3 is 5.73 Å². The molecule has 2 N–H and O–H groups in total. The molecule has 0 amide bonds. The molecule has 0 aromatic carbocycles. The van der Waals surface area contributed by atoms with Gasteiger partial charge in [0.15, 0.2) is 0 Å². The van der Waals surface area contributed by atoms with Crippen LogP contribution in [0.25, 0.3) is 0 Å². The zero-order valence-corrected chi connectivity index (χ0v) is 4.80. The first-order chi connectivity index (χ1) is 1.73. The molecule has 3 heteroatoms. The molecule has 0 bridgehead atoms. The van der Waals surface area contributed by atoms with E-state index in [1.165, 1.54) is 0 Å². The number of hydrogen-bond donors (Lipinski definition) is 2. The van der Waals surface area contributed by atoms with Crippen LogP contribution in [0.4, 0.5) is 0 Å². The Hall–Kier alpha value is 0.804. The summed E-state index contributed by atoms with van der Waals surface area (Å²) in [5, 5.41) is 0.0278. The third-order valence-electron chi connectivity index (χ3n) is 0. The minimum absolute atomic E-state index is 0. The molecule has 0 aliphatic carbocycles. The predicted molar refractivity (Wildman–Crippen MR) is 22.6 cm³/mol. The molecule has 0 spiro atoms. The third kappa shape index (κ3) is 58.5. The maximum absolute atomic E-state index is 4.98. The Morgan fingerprint density at radius 2 is 1.80 bits per heavy atom. The van der Waals surface area contributed by atoms with Crippen molar-refractivity contribution in [1.29, 1.82) is 0 Å². The molecule has 1 atom stereocenters. The van der Waals surface area contributed by atoms with Gasteiger partial charge in [0.1, 0.15) is 0 Å². The van der Waals surface area contributed by atoms with Crippen LogP contribution in [0.15, 0.2) is 0 Å². The van der Waals surface area contributed by atoms with E-state index in [0.29, 0.717) is 0 Å². The summed E-state index contributed by atoms with van der Waals surface area (Å²) in [7, 11) is 0. The second-order valence-electron chi connectivity index (χ2n) is 0.741. The van der Waals surface area contributed by atoms with Gasteiger partial charge in [-0.25, -0.2) is 0 Å². The van der Waals surface area contributed by atoms with Crippen molar-refractivity contribution in [2.75, 3.05) is 0 Å². The van der Waals surface area contributed by atoms with Crippen molar-refractivity contribution >= 4 is 12.6 Å². The molecule has 1 nitrogen and oxygen atoms in total. The first-order valence-electron chi connectivity index (χ1n) is 1.17. The molecular formula is C2H7NNiS+2. The summed E-state index contributed by atoms with van der Waals surface area (Å²) in [6.07, 6.45) is 0. The van der Waals surface area contributed by atoms with E-state index in [2.05, 4.69) is 12.6 Å². The molecule has 34 valence electrons. The predicted octanol–water partition coefficient (Wildman–Crippen LogP) is 0.218. The van der Waals surface area contributed by atoms with E-state index in [1.54, 1.807) is 0 Å². The molecule has 0 radical (unpaired) electrons. The molecule has 0 rings (SSSR count). The summed E-state index contributed by atoms with van der Waals surface area (Å²) in [6, 6.07) is 0. The van der Waals surface area contributed by atoms with Gasteiger partial charge >= 0.3 is 16.5 Å². The first kappa shape index (κ1) is 9.26. The van der Waals surface area contributed by atoms with Crippen LogP contribution in [0.1, 0.15) is 6.92 Å². The van der Waals surface area contributed by atoms with Crippen LogP contribution in [0.2, 0.25) is 0 Å². The summed E-state index contributed by atoms with van der Waals surface area (Å²) in [4.78, 5) is 0. The fraction of sp³-hybridized carbons (Fsp3) is 1.00. The number of hydrogen-bond acceptors (Lipinski definition) is 2. The van der Waals surface area contributed by atoms with Crippen LogP contribution >= 0.6 is 12.6 Å². The van der Waals surface area contributed by atoms with Crippen LogP contribution in [-0.2, 0) is 16.5 Å². The van der Waals surface area contributed by atoms with Crippen molar-refractivity contribution in [2.45, 2.75) is 12.3 Å². The SMILES string of the molecule is CC(N)S.[Ni+2]. The minimum Gasteiger partial charge on any atom is -0.320 e. The van der Waals surface area contributed by atoms with Gasteiger partial charge in [0.25, 0.3) is 0 Å². The molecule has 0 aliphatic rings. The van der Waals surface area contributed by atoms with E-state index >= 15 is 0 Å². The second-order valence-corrected chi connectivity index (χ2v) is 1.56. The molecule has 0 saturated carbocycles. The zero-order chi connectivity index (χ0) is 3.58. The average molecular weight is 136 g/mol. The van der Waals surface area contributed by atoms with E-state index in [1.807, 2.05) is 6.92 Å². The van der Waals surface area contributed by atoms with Gasteiger partial charge in [-0.05, 0) is 6.92 Å². The number of rotatable bonds is 0. The Bertz CT molecular complexity index is 14.4. The molecule has 0 aliphatic heterocycles. The monoisotopic (exact) mass is 135 g/mol. The number of nitrogens with two attached hydrogens (primary N) is 1. The average Bonchev–Trinajstić information content (AvgIpc) is 0.811. The summed E-state index contributed by atoms with van der Waals surface area (Å²) < 4.78 is 0. The zero-order valence-electron chi connectivity index (χ0n) is 2.92. The van der Waals surface area contributed by atoms with Crippen LogP contribution < -0.4 is 5.73 Å². The van der Waals surface area contributed by atoms with Crippen molar-refractivity contribution in [2.24, 2.45) is 5.73 Å². The van der Waals surface area contributed by atoms with Crippen molar-refractivity contribution in [1.82, 2.24) is 0 Å². The van der Waals surface area contributed by atoms with Gasteiger partial charge in [0.05, 0.1) is 0 Å². The van der Waals surface area contributed by atoms with Crippen LogP contribution in [-0.4, -0.2) is 5.37 Å². The van der Waals surface area contributed by atoms with Gasteiger partial charge in [-0.2, -0.15) is 12.6 Å². The fourth-order valence-corrected chi connectivity index (χ4v) is 0. The topological polar surface area (TPSA) is 26.0 Å². The third-order valence-corrected chi connectivity index (χ3v) is 0. The van der Waals surface area contributed by atoms with E-state index in [4.69, 9.17) is 5.73 Å². The standard InChI is InChI=1S/C2H7NS.Ni/c1-2(3)4;/h2,4H,3H2,1H3;/q;+2. The van der Waals surface area contributed by atoms with E-state index in [9.17, 15) is 0 Å². The van der Waals surface area contributed by atoms with Gasteiger partial charge in [-0.1, -0.05) is 0 Å². The molecule has 0 aromatic rings. The van der Waals surface area contributed by atoms with Crippen molar-refractivity contribution in [3.8, 4) is 0 Å². The Balaban J connectivity index is 0. The molecule has 5 heavy (non-hydrogen) atoms. The fourth-order valence-electron chi connectivity index (χ4n) is 0. The molecule has 0 saturated heterocycles. The van der Waals surface area contributed by atoms with Gasteiger partial charge in [-0.15, -0.1) is 0 Å². The normalized spacial score (nSPS) is 12.6. The smallest absolute Gasteiger partial charge is 0.320 e. The van der Waals surface area contributed by atoms with Crippen molar-refractivity contribution in [3.05, 3.63) is 0 Å². The quantitative estimate of drug-likeness (QED) is 0.278. The van der Waals surface area contributed by atoms with E-state index in [0.717, 1.165) is 0 Å². The summed E-state index contributed by atoms with van der Waals surface area (Å²) in [5.41, 5.74) is 4.98. The Labute approximate surface area is 47.6 Å². The Morgan fingerprint density at radius 1 is 1.80 bits per heavy atom. The van der Waals surface area contributed by atoms with Crippen molar-refractivity contribution in [3.63, 3.8) is 0 Å². The number of thiol groups is 1. The Kier molecular flexibility index (Phi) is 8.89. The Morgan fingerprint density at radius 3 is 1.80 bits per heavy atom.